The molecule has 0 fully saturated rings. The van der Waals surface area contributed by atoms with Crippen molar-refractivity contribution >= 4 is 34.5 Å². The lowest BCUT2D eigenvalue weighted by Crippen LogP contribution is -2.11. The van der Waals surface area contributed by atoms with E-state index in [1.54, 1.807) is 18.2 Å². The zero-order chi connectivity index (χ0) is 14.7. The Morgan fingerprint density at radius 1 is 1.24 bits per heavy atom. The number of anilines is 1. The normalized spacial score (nSPS) is 10.7. The van der Waals surface area contributed by atoms with Gasteiger partial charge in [0.25, 0.3) is 5.22 Å². The predicted octanol–water partition coefficient (Wildman–Crippen LogP) is 3.09. The highest BCUT2D eigenvalue weighted by Crippen LogP contribution is 2.23. The molecule has 1 heterocycles. The largest absolute Gasteiger partial charge is 0.431 e. The highest BCUT2D eigenvalue weighted by atomic mass is 32.2. The van der Waals surface area contributed by atoms with Gasteiger partial charge in [0.15, 0.2) is 5.58 Å². The number of nitrogens with one attached hydrogen (secondary N) is 1. The van der Waals surface area contributed by atoms with Crippen molar-refractivity contribution in [3.8, 4) is 0 Å². The molecule has 0 unspecified atom stereocenters. The van der Waals surface area contributed by atoms with Gasteiger partial charge in [-0.1, -0.05) is 18.2 Å². The van der Waals surface area contributed by atoms with Gasteiger partial charge in [-0.2, -0.15) is 0 Å². The first kappa shape index (κ1) is 13.5. The lowest BCUT2D eigenvalue weighted by Gasteiger charge is -2.05. The van der Waals surface area contributed by atoms with Crippen LogP contribution < -0.4 is 11.1 Å². The molecule has 5 nitrogen and oxygen atoms in total. The number of nitrogens with zero attached hydrogens (tertiary/aromatic N) is 1. The fraction of sp³-hybridized carbons (Fsp3) is 0.0667. The third kappa shape index (κ3) is 3.17. The van der Waals surface area contributed by atoms with Crippen LogP contribution in [-0.4, -0.2) is 16.8 Å². The number of fused-ring (bicyclic) bond motifs is 1. The summed E-state index contributed by atoms with van der Waals surface area (Å²) in [6.45, 7) is 0. The van der Waals surface area contributed by atoms with E-state index in [0.29, 0.717) is 16.7 Å². The number of hydrogen-bond donors (Lipinski definition) is 2. The summed E-state index contributed by atoms with van der Waals surface area (Å²) < 4.78 is 5.61. The van der Waals surface area contributed by atoms with Gasteiger partial charge < -0.3 is 15.5 Å². The van der Waals surface area contributed by atoms with Crippen LogP contribution in [0.5, 0.6) is 0 Å². The number of hydrogen-bond acceptors (Lipinski definition) is 5. The van der Waals surface area contributed by atoms with Crippen LogP contribution in [0.4, 0.5) is 5.69 Å². The van der Waals surface area contributed by atoms with Crippen molar-refractivity contribution in [3.63, 3.8) is 0 Å². The molecule has 0 saturated heterocycles. The summed E-state index contributed by atoms with van der Waals surface area (Å²) in [6, 6.07) is 14.7. The lowest BCUT2D eigenvalue weighted by molar-refractivity contribution is 0.100. The number of oxazole rings is 1. The molecule has 2 aromatic carbocycles. The number of thioether (sulfide) groups is 1. The molecule has 1 amide bonds. The van der Waals surface area contributed by atoms with Gasteiger partial charge in [0, 0.05) is 11.3 Å². The van der Waals surface area contributed by atoms with Crippen LogP contribution in [0.3, 0.4) is 0 Å². The van der Waals surface area contributed by atoms with Gasteiger partial charge >= 0.3 is 0 Å². The molecule has 106 valence electrons. The zero-order valence-electron chi connectivity index (χ0n) is 11.1. The number of aromatic nitrogens is 1. The van der Waals surface area contributed by atoms with Crippen LogP contribution in [0, 0.1) is 0 Å². The second kappa shape index (κ2) is 5.88. The molecule has 3 aromatic rings. The van der Waals surface area contributed by atoms with Gasteiger partial charge in [0.05, 0.1) is 5.88 Å². The van der Waals surface area contributed by atoms with Crippen LogP contribution in [-0.2, 0) is 0 Å². The van der Waals surface area contributed by atoms with E-state index in [4.69, 9.17) is 10.2 Å². The van der Waals surface area contributed by atoms with E-state index in [1.165, 1.54) is 11.8 Å². The zero-order valence-corrected chi connectivity index (χ0v) is 11.9. The Balaban J connectivity index is 1.63. The van der Waals surface area contributed by atoms with Crippen molar-refractivity contribution in [1.82, 2.24) is 4.98 Å². The van der Waals surface area contributed by atoms with Crippen molar-refractivity contribution in [2.45, 2.75) is 5.22 Å². The number of amides is 1. The summed E-state index contributed by atoms with van der Waals surface area (Å²) in [5, 5.41) is 3.79. The molecule has 0 spiro atoms. The number of para-hydroxylation sites is 2. The fourth-order valence-corrected chi connectivity index (χ4v) is 2.55. The molecule has 3 rings (SSSR count). The highest BCUT2D eigenvalue weighted by molar-refractivity contribution is 7.99. The van der Waals surface area contributed by atoms with Gasteiger partial charge in [0.2, 0.25) is 5.91 Å². The molecule has 1 aromatic heterocycles. The minimum absolute atomic E-state index is 0.440. The molecule has 0 atom stereocenters. The van der Waals surface area contributed by atoms with Crippen LogP contribution in [0.2, 0.25) is 0 Å². The van der Waals surface area contributed by atoms with Crippen molar-refractivity contribution < 1.29 is 9.21 Å². The van der Waals surface area contributed by atoms with Crippen LogP contribution in [0.15, 0.2) is 58.2 Å². The number of nitrogens with two attached hydrogens (primary N) is 1. The topological polar surface area (TPSA) is 81.2 Å². The average Bonchev–Trinajstić information content (AvgIpc) is 2.90. The minimum atomic E-state index is -0.440. The van der Waals surface area contributed by atoms with Crippen molar-refractivity contribution in [3.05, 3.63) is 54.1 Å². The van der Waals surface area contributed by atoms with E-state index in [0.717, 1.165) is 16.8 Å². The van der Waals surface area contributed by atoms with E-state index in [1.807, 2.05) is 30.3 Å². The van der Waals surface area contributed by atoms with Crippen molar-refractivity contribution in [1.29, 1.82) is 0 Å². The summed E-state index contributed by atoms with van der Waals surface area (Å²) in [6.07, 6.45) is 0. The van der Waals surface area contributed by atoms with E-state index >= 15 is 0 Å². The molecule has 0 saturated carbocycles. The SMILES string of the molecule is NC(=O)c1cccc(NCSc2nc3ccccc3o2)c1. The maximum absolute atomic E-state index is 11.1. The van der Waals surface area contributed by atoms with Crippen LogP contribution in [0.1, 0.15) is 10.4 Å². The second-order valence-corrected chi connectivity index (χ2v) is 5.28. The third-order valence-electron chi connectivity index (χ3n) is 2.89. The molecule has 21 heavy (non-hydrogen) atoms. The molecule has 0 radical (unpaired) electrons. The van der Waals surface area contributed by atoms with Gasteiger partial charge in [-0.05, 0) is 42.1 Å². The van der Waals surface area contributed by atoms with Crippen LogP contribution >= 0.6 is 11.8 Å². The Morgan fingerprint density at radius 2 is 2.10 bits per heavy atom. The predicted molar refractivity (Wildman–Crippen MR) is 83.3 cm³/mol. The first-order valence-electron chi connectivity index (χ1n) is 6.34. The maximum Gasteiger partial charge on any atom is 0.258 e. The molecule has 6 heteroatoms. The summed E-state index contributed by atoms with van der Waals surface area (Å²) >= 11 is 1.45. The standard InChI is InChI=1S/C15H13N3O2S/c16-14(19)10-4-3-5-11(8-10)17-9-21-15-18-12-6-1-2-7-13(12)20-15/h1-8,17H,9H2,(H2,16,19). The van der Waals surface area contributed by atoms with Crippen molar-refractivity contribution in [2.75, 3.05) is 11.2 Å². The number of carbonyl (C=O) groups is 1. The summed E-state index contributed by atoms with van der Waals surface area (Å²) in [4.78, 5) is 15.5. The number of primary amides is 1. The van der Waals surface area contributed by atoms with E-state index in [2.05, 4.69) is 10.3 Å². The van der Waals surface area contributed by atoms with E-state index < -0.39 is 5.91 Å². The summed E-state index contributed by atoms with van der Waals surface area (Å²) in [5.74, 6) is 0.139. The number of rotatable bonds is 5. The molecule has 0 bridgehead atoms. The van der Waals surface area contributed by atoms with Gasteiger partial charge in [0.1, 0.15) is 5.52 Å². The summed E-state index contributed by atoms with van der Waals surface area (Å²) in [7, 11) is 0. The monoisotopic (exact) mass is 299 g/mol. The fourth-order valence-electron chi connectivity index (χ4n) is 1.88. The molecular formula is C15H13N3O2S. The maximum atomic E-state index is 11.1. The third-order valence-corrected chi connectivity index (χ3v) is 3.60. The molecule has 0 aliphatic rings. The second-order valence-electron chi connectivity index (χ2n) is 4.36. The molecular weight excluding hydrogens is 286 g/mol. The van der Waals surface area contributed by atoms with Crippen molar-refractivity contribution in [2.24, 2.45) is 5.73 Å². The number of carbonyl (C=O) groups excluding carboxylic acids is 1. The average molecular weight is 299 g/mol. The number of benzene rings is 2. The van der Waals surface area contributed by atoms with E-state index in [9.17, 15) is 4.79 Å². The molecule has 0 aliphatic heterocycles. The Hall–Kier alpha value is -2.47. The Kier molecular flexibility index (Phi) is 3.79. The van der Waals surface area contributed by atoms with E-state index in [-0.39, 0.29) is 0 Å². The Morgan fingerprint density at radius 3 is 2.90 bits per heavy atom. The summed E-state index contributed by atoms with van der Waals surface area (Å²) in [5.41, 5.74) is 8.17. The quantitative estimate of drug-likeness (QED) is 0.559. The molecule has 3 N–H and O–H groups in total. The van der Waals surface area contributed by atoms with Gasteiger partial charge in [-0.3, -0.25) is 4.79 Å². The van der Waals surface area contributed by atoms with Crippen LogP contribution in [0.25, 0.3) is 11.1 Å². The first-order chi connectivity index (χ1) is 10.2. The smallest absolute Gasteiger partial charge is 0.258 e. The lowest BCUT2D eigenvalue weighted by atomic mass is 10.2. The molecule has 0 aliphatic carbocycles. The first-order valence-corrected chi connectivity index (χ1v) is 7.33. The Labute approximate surface area is 125 Å². The van der Waals surface area contributed by atoms with Gasteiger partial charge in [-0.15, -0.1) is 0 Å². The highest BCUT2D eigenvalue weighted by Gasteiger charge is 2.05. The Bertz CT molecular complexity index is 752. The minimum Gasteiger partial charge on any atom is -0.431 e. The van der Waals surface area contributed by atoms with Gasteiger partial charge in [-0.25, -0.2) is 4.98 Å².